The molecule has 0 bridgehead atoms. The summed E-state index contributed by atoms with van der Waals surface area (Å²) in [5.41, 5.74) is 0.240. The predicted octanol–water partition coefficient (Wildman–Crippen LogP) is 2.27. The molecule has 6 nitrogen and oxygen atoms in total. The number of halogens is 2. The van der Waals surface area contributed by atoms with E-state index in [9.17, 15) is 9.18 Å². The quantitative estimate of drug-likeness (QED) is 0.836. The molecular formula is C18H23ClFN5O. The van der Waals surface area contributed by atoms with Crippen molar-refractivity contribution < 1.29 is 9.18 Å². The molecule has 1 aromatic heterocycles. The van der Waals surface area contributed by atoms with Crippen LogP contribution in [0.25, 0.3) is 0 Å². The van der Waals surface area contributed by atoms with Crippen LogP contribution < -0.4 is 5.32 Å². The summed E-state index contributed by atoms with van der Waals surface area (Å²) in [4.78, 5) is 14.2. The van der Waals surface area contributed by atoms with Gasteiger partial charge in [-0.15, -0.1) is 10.2 Å². The molecule has 26 heavy (non-hydrogen) atoms. The normalized spacial score (nSPS) is 19.5. The van der Waals surface area contributed by atoms with Gasteiger partial charge in [-0.25, -0.2) is 4.39 Å². The molecule has 1 aliphatic carbocycles. The summed E-state index contributed by atoms with van der Waals surface area (Å²) >= 11 is 5.98. The van der Waals surface area contributed by atoms with Crippen molar-refractivity contribution in [3.05, 3.63) is 46.3 Å². The second-order valence-corrected chi connectivity index (χ2v) is 7.49. The highest BCUT2D eigenvalue weighted by Crippen LogP contribution is 2.36. The van der Waals surface area contributed by atoms with E-state index in [1.165, 1.54) is 12.1 Å². The highest BCUT2D eigenvalue weighted by Gasteiger charge is 2.35. The summed E-state index contributed by atoms with van der Waals surface area (Å²) in [5.74, 6) is 1.49. The number of aromatic nitrogens is 3. The summed E-state index contributed by atoms with van der Waals surface area (Å²) in [7, 11) is 5.95. The Kier molecular flexibility index (Phi) is 5.58. The zero-order valence-electron chi connectivity index (χ0n) is 15.2. The number of nitrogens with zero attached hydrogens (tertiary/aromatic N) is 4. The smallest absolute Gasteiger partial charge is 0.224 e. The molecule has 3 rings (SSSR count). The zero-order valence-corrected chi connectivity index (χ0v) is 15.9. The molecule has 2 aromatic rings. The monoisotopic (exact) mass is 379 g/mol. The lowest BCUT2D eigenvalue weighted by Crippen LogP contribution is -2.44. The zero-order chi connectivity index (χ0) is 18.8. The third-order valence-electron chi connectivity index (χ3n) is 4.72. The van der Waals surface area contributed by atoms with Crippen LogP contribution in [0.1, 0.15) is 36.0 Å². The van der Waals surface area contributed by atoms with Crippen LogP contribution in [-0.4, -0.2) is 45.7 Å². The Labute approximate surface area is 157 Å². The van der Waals surface area contributed by atoms with Crippen molar-refractivity contribution >= 4 is 17.5 Å². The Bertz CT molecular complexity index is 781. The van der Waals surface area contributed by atoms with Crippen molar-refractivity contribution in [1.82, 2.24) is 25.0 Å². The van der Waals surface area contributed by atoms with Gasteiger partial charge in [-0.2, -0.15) is 0 Å². The van der Waals surface area contributed by atoms with E-state index in [0.717, 1.165) is 31.0 Å². The first-order valence-corrected chi connectivity index (χ1v) is 8.98. The number of benzene rings is 1. The Morgan fingerprint density at radius 3 is 2.77 bits per heavy atom. The highest BCUT2D eigenvalue weighted by molar-refractivity contribution is 6.31. The number of hydrogen-bond donors (Lipinski definition) is 1. The number of hydrogen-bond acceptors (Lipinski definition) is 4. The molecule has 1 N–H and O–H groups in total. The minimum absolute atomic E-state index is 0.0520. The van der Waals surface area contributed by atoms with E-state index in [1.54, 1.807) is 6.07 Å². The summed E-state index contributed by atoms with van der Waals surface area (Å²) in [6.45, 7) is 0.736. The van der Waals surface area contributed by atoms with E-state index in [-0.39, 0.29) is 34.9 Å². The molecule has 0 radical (unpaired) electrons. The number of carbonyl (C=O) groups is 1. The fraction of sp³-hybridized carbons (Fsp3) is 0.500. The molecule has 140 valence electrons. The number of carbonyl (C=O) groups excluding carboxylic acids is 1. The topological polar surface area (TPSA) is 63.1 Å². The van der Waals surface area contributed by atoms with Crippen LogP contribution in [0.15, 0.2) is 18.2 Å². The molecule has 1 aliphatic rings. The minimum atomic E-state index is -0.452. The van der Waals surface area contributed by atoms with Crippen molar-refractivity contribution in [1.29, 1.82) is 0 Å². The lowest BCUT2D eigenvalue weighted by Gasteiger charge is -2.35. The van der Waals surface area contributed by atoms with Crippen molar-refractivity contribution in [2.45, 2.75) is 37.8 Å². The fourth-order valence-electron chi connectivity index (χ4n) is 3.24. The molecule has 0 aliphatic heterocycles. The molecule has 8 heteroatoms. The van der Waals surface area contributed by atoms with Crippen LogP contribution in [0.4, 0.5) is 4.39 Å². The molecule has 1 aromatic carbocycles. The molecule has 1 amide bonds. The molecule has 1 saturated carbocycles. The first kappa shape index (κ1) is 18.8. The largest absolute Gasteiger partial charge is 0.353 e. The Morgan fingerprint density at radius 2 is 2.12 bits per heavy atom. The lowest BCUT2D eigenvalue weighted by molar-refractivity contribution is -0.121. The van der Waals surface area contributed by atoms with E-state index in [2.05, 4.69) is 15.5 Å². The molecule has 1 fully saturated rings. The molecule has 0 saturated heterocycles. The first-order valence-electron chi connectivity index (χ1n) is 8.60. The van der Waals surface area contributed by atoms with Crippen molar-refractivity contribution in [3.63, 3.8) is 0 Å². The van der Waals surface area contributed by atoms with Crippen LogP contribution in [0.5, 0.6) is 0 Å². The number of amides is 1. The Hall–Kier alpha value is -1.99. The third-order valence-corrected chi connectivity index (χ3v) is 5.08. The molecule has 1 heterocycles. The summed E-state index contributed by atoms with van der Waals surface area (Å²) in [6.07, 6.45) is 1.57. The van der Waals surface area contributed by atoms with Crippen LogP contribution in [-0.2, 0) is 24.8 Å². The lowest BCUT2D eigenvalue weighted by atomic mass is 9.79. The standard InChI is InChI=1S/C18H23ClFN5O/c1-24(2)10-16-22-23-18(25(16)3)11-7-12(8-11)21-17(26)9-13-14(19)5-4-6-15(13)20/h4-6,11-12H,7-10H2,1-3H3,(H,21,26). The molecule has 0 spiro atoms. The van der Waals surface area contributed by atoms with E-state index >= 15 is 0 Å². The van der Waals surface area contributed by atoms with Gasteiger partial charge in [0.25, 0.3) is 0 Å². The summed E-state index contributed by atoms with van der Waals surface area (Å²) in [6, 6.07) is 4.51. The first-order chi connectivity index (χ1) is 12.3. The number of rotatable bonds is 6. The Morgan fingerprint density at radius 1 is 1.38 bits per heavy atom. The van der Waals surface area contributed by atoms with E-state index < -0.39 is 5.82 Å². The van der Waals surface area contributed by atoms with E-state index in [1.807, 2.05) is 30.6 Å². The second-order valence-electron chi connectivity index (χ2n) is 7.08. The minimum Gasteiger partial charge on any atom is -0.353 e. The molecule has 0 atom stereocenters. The fourth-order valence-corrected chi connectivity index (χ4v) is 3.47. The van der Waals surface area contributed by atoms with Gasteiger partial charge >= 0.3 is 0 Å². The summed E-state index contributed by atoms with van der Waals surface area (Å²) in [5, 5.41) is 11.8. The van der Waals surface area contributed by atoms with Gasteiger partial charge in [0.1, 0.15) is 17.5 Å². The van der Waals surface area contributed by atoms with Gasteiger partial charge in [-0.3, -0.25) is 4.79 Å². The predicted molar refractivity (Wildman–Crippen MR) is 97.4 cm³/mol. The Balaban J connectivity index is 1.53. The van der Waals surface area contributed by atoms with Gasteiger partial charge in [0.2, 0.25) is 5.91 Å². The van der Waals surface area contributed by atoms with Gasteiger partial charge in [-0.1, -0.05) is 17.7 Å². The van der Waals surface area contributed by atoms with Gasteiger partial charge in [0, 0.05) is 29.6 Å². The van der Waals surface area contributed by atoms with Gasteiger partial charge in [0.15, 0.2) is 0 Å². The summed E-state index contributed by atoms with van der Waals surface area (Å²) < 4.78 is 15.8. The van der Waals surface area contributed by atoms with Crippen molar-refractivity contribution in [3.8, 4) is 0 Å². The van der Waals surface area contributed by atoms with E-state index in [0.29, 0.717) is 0 Å². The maximum atomic E-state index is 13.8. The SMILES string of the molecule is CN(C)Cc1nnc(C2CC(NC(=O)Cc3c(F)cccc3Cl)C2)n1C. The van der Waals surface area contributed by atoms with Crippen LogP contribution in [0, 0.1) is 5.82 Å². The average Bonchev–Trinajstić information content (AvgIpc) is 2.87. The second kappa shape index (κ2) is 7.72. The van der Waals surface area contributed by atoms with Gasteiger partial charge in [0.05, 0.1) is 13.0 Å². The van der Waals surface area contributed by atoms with Crippen LogP contribution in [0.3, 0.4) is 0 Å². The third kappa shape index (κ3) is 4.04. The highest BCUT2D eigenvalue weighted by atomic mass is 35.5. The molecular weight excluding hydrogens is 357 g/mol. The average molecular weight is 380 g/mol. The van der Waals surface area contributed by atoms with Crippen molar-refractivity contribution in [2.75, 3.05) is 14.1 Å². The van der Waals surface area contributed by atoms with Gasteiger partial charge < -0.3 is 14.8 Å². The van der Waals surface area contributed by atoms with Gasteiger partial charge in [-0.05, 0) is 39.1 Å². The van der Waals surface area contributed by atoms with Crippen LogP contribution >= 0.6 is 11.6 Å². The van der Waals surface area contributed by atoms with Crippen LogP contribution in [0.2, 0.25) is 5.02 Å². The maximum absolute atomic E-state index is 13.8. The maximum Gasteiger partial charge on any atom is 0.224 e. The van der Waals surface area contributed by atoms with E-state index in [4.69, 9.17) is 11.6 Å². The number of nitrogens with one attached hydrogen (secondary N) is 1. The molecule has 0 unspecified atom stereocenters. The van der Waals surface area contributed by atoms with Crippen molar-refractivity contribution in [2.24, 2.45) is 7.05 Å².